The highest BCUT2D eigenvalue weighted by Gasteiger charge is 2.30. The van der Waals surface area contributed by atoms with Crippen molar-refractivity contribution in [2.24, 2.45) is 0 Å². The summed E-state index contributed by atoms with van der Waals surface area (Å²) in [4.78, 5) is 6.49. The minimum Gasteiger partial charge on any atom is -0.452 e. The first-order chi connectivity index (χ1) is 11.7. The SMILES string of the molecule is O=S(=O)(c1ccco1)N1CCN(c2cncc3ccccc23)CC1. The summed E-state index contributed by atoms with van der Waals surface area (Å²) < 4.78 is 31.6. The van der Waals surface area contributed by atoms with Gasteiger partial charge in [-0.3, -0.25) is 4.98 Å². The number of rotatable bonds is 3. The number of fused-ring (bicyclic) bond motifs is 1. The minimum atomic E-state index is -3.54. The Morgan fingerprint density at radius 1 is 0.958 bits per heavy atom. The lowest BCUT2D eigenvalue weighted by atomic mass is 10.1. The number of sulfonamides is 1. The van der Waals surface area contributed by atoms with Crippen molar-refractivity contribution in [1.29, 1.82) is 0 Å². The van der Waals surface area contributed by atoms with Gasteiger partial charge in [0.05, 0.1) is 18.1 Å². The minimum absolute atomic E-state index is 0.00257. The van der Waals surface area contributed by atoms with Crippen molar-refractivity contribution in [2.75, 3.05) is 31.1 Å². The summed E-state index contributed by atoms with van der Waals surface area (Å²) in [5.74, 6) is 0. The van der Waals surface area contributed by atoms with Gasteiger partial charge in [0.15, 0.2) is 0 Å². The van der Waals surface area contributed by atoms with Gasteiger partial charge in [-0.05, 0) is 12.1 Å². The predicted octanol–water partition coefficient (Wildman–Crippen LogP) is 2.34. The van der Waals surface area contributed by atoms with E-state index >= 15 is 0 Å². The van der Waals surface area contributed by atoms with Crippen molar-refractivity contribution in [2.45, 2.75) is 5.09 Å². The van der Waals surface area contributed by atoms with E-state index in [9.17, 15) is 8.42 Å². The molecule has 1 aromatic carbocycles. The van der Waals surface area contributed by atoms with Crippen molar-refractivity contribution in [3.63, 3.8) is 0 Å². The predicted molar refractivity (Wildman–Crippen MR) is 91.4 cm³/mol. The molecule has 2 aromatic heterocycles. The topological polar surface area (TPSA) is 66.7 Å². The normalized spacial score (nSPS) is 16.6. The van der Waals surface area contributed by atoms with Gasteiger partial charge >= 0.3 is 0 Å². The average Bonchev–Trinajstić information content (AvgIpc) is 3.17. The Labute approximate surface area is 140 Å². The maximum atomic E-state index is 12.5. The molecular formula is C17H17N3O3S. The molecule has 0 N–H and O–H groups in total. The fourth-order valence-electron chi connectivity index (χ4n) is 3.06. The molecule has 1 fully saturated rings. The summed E-state index contributed by atoms with van der Waals surface area (Å²) in [5, 5.41) is 2.22. The molecule has 1 saturated heterocycles. The molecule has 0 unspecified atom stereocenters. The maximum Gasteiger partial charge on any atom is 0.276 e. The van der Waals surface area contributed by atoms with Crippen molar-refractivity contribution in [3.05, 3.63) is 55.1 Å². The van der Waals surface area contributed by atoms with Gasteiger partial charge in [-0.1, -0.05) is 24.3 Å². The number of aromatic nitrogens is 1. The third-order valence-corrected chi connectivity index (χ3v) is 6.10. The Morgan fingerprint density at radius 3 is 2.50 bits per heavy atom. The number of anilines is 1. The molecule has 4 rings (SSSR count). The second kappa shape index (κ2) is 5.92. The van der Waals surface area contributed by atoms with Crippen LogP contribution >= 0.6 is 0 Å². The number of piperazine rings is 1. The Hall–Kier alpha value is -2.38. The zero-order valence-electron chi connectivity index (χ0n) is 13.0. The van der Waals surface area contributed by atoms with Crippen LogP contribution in [0.5, 0.6) is 0 Å². The molecule has 7 heteroatoms. The number of pyridine rings is 1. The lowest BCUT2D eigenvalue weighted by Gasteiger charge is -2.35. The van der Waals surface area contributed by atoms with Crippen LogP contribution in [0.3, 0.4) is 0 Å². The molecule has 6 nitrogen and oxygen atoms in total. The lowest BCUT2D eigenvalue weighted by Crippen LogP contribution is -2.48. The quantitative estimate of drug-likeness (QED) is 0.730. The van der Waals surface area contributed by atoms with E-state index in [0.717, 1.165) is 16.5 Å². The zero-order valence-corrected chi connectivity index (χ0v) is 13.8. The Bertz CT molecular complexity index is 941. The molecular weight excluding hydrogens is 326 g/mol. The molecule has 3 aromatic rings. The van der Waals surface area contributed by atoms with Crippen LogP contribution in [0, 0.1) is 0 Å². The molecule has 0 amide bonds. The van der Waals surface area contributed by atoms with E-state index in [2.05, 4.69) is 16.0 Å². The first-order valence-corrected chi connectivity index (χ1v) is 9.21. The molecule has 0 atom stereocenters. The second-order valence-corrected chi connectivity index (χ2v) is 7.57. The van der Waals surface area contributed by atoms with Gasteiger partial charge < -0.3 is 9.32 Å². The van der Waals surface area contributed by atoms with E-state index in [4.69, 9.17) is 4.42 Å². The van der Waals surface area contributed by atoms with Crippen LogP contribution in [0.15, 0.2) is 64.6 Å². The van der Waals surface area contributed by atoms with Crippen LogP contribution in [-0.2, 0) is 10.0 Å². The number of furan rings is 1. The van der Waals surface area contributed by atoms with Crippen LogP contribution in [0.1, 0.15) is 0 Å². The van der Waals surface area contributed by atoms with Crippen molar-refractivity contribution in [1.82, 2.24) is 9.29 Å². The number of benzene rings is 1. The highest BCUT2D eigenvalue weighted by molar-refractivity contribution is 7.89. The molecule has 124 valence electrons. The smallest absolute Gasteiger partial charge is 0.276 e. The van der Waals surface area contributed by atoms with E-state index in [1.54, 1.807) is 6.07 Å². The summed E-state index contributed by atoms with van der Waals surface area (Å²) in [6.07, 6.45) is 5.07. The number of hydrogen-bond donors (Lipinski definition) is 0. The fraction of sp³-hybridized carbons (Fsp3) is 0.235. The van der Waals surface area contributed by atoms with Crippen LogP contribution in [0.4, 0.5) is 5.69 Å². The van der Waals surface area contributed by atoms with Gasteiger partial charge in [0.1, 0.15) is 0 Å². The summed E-state index contributed by atoms with van der Waals surface area (Å²) in [7, 11) is -3.54. The van der Waals surface area contributed by atoms with E-state index < -0.39 is 10.0 Å². The first kappa shape index (κ1) is 15.2. The molecule has 3 heterocycles. The average molecular weight is 343 g/mol. The van der Waals surface area contributed by atoms with Crippen LogP contribution in [0.2, 0.25) is 0 Å². The summed E-state index contributed by atoms with van der Waals surface area (Å²) in [6, 6.07) is 11.2. The van der Waals surface area contributed by atoms with Crippen molar-refractivity contribution >= 4 is 26.5 Å². The van der Waals surface area contributed by atoms with Gasteiger partial charge in [0, 0.05) is 43.1 Å². The van der Waals surface area contributed by atoms with Gasteiger partial charge in [0.2, 0.25) is 5.09 Å². The molecule has 0 spiro atoms. The van der Waals surface area contributed by atoms with Crippen LogP contribution in [-0.4, -0.2) is 43.9 Å². The molecule has 1 aliphatic rings. The third kappa shape index (κ3) is 2.55. The van der Waals surface area contributed by atoms with Crippen molar-refractivity contribution in [3.8, 4) is 0 Å². The second-order valence-electron chi connectivity index (χ2n) is 5.70. The Kier molecular flexibility index (Phi) is 3.74. The lowest BCUT2D eigenvalue weighted by molar-refractivity contribution is 0.362. The molecule has 0 bridgehead atoms. The number of hydrogen-bond acceptors (Lipinski definition) is 5. The maximum absolute atomic E-state index is 12.5. The highest BCUT2D eigenvalue weighted by atomic mass is 32.2. The first-order valence-electron chi connectivity index (χ1n) is 7.77. The summed E-state index contributed by atoms with van der Waals surface area (Å²) >= 11 is 0. The van der Waals surface area contributed by atoms with Gasteiger partial charge in [-0.2, -0.15) is 4.31 Å². The molecule has 0 aliphatic carbocycles. The monoisotopic (exact) mass is 343 g/mol. The van der Waals surface area contributed by atoms with E-state index in [-0.39, 0.29) is 5.09 Å². The van der Waals surface area contributed by atoms with Crippen molar-refractivity contribution < 1.29 is 12.8 Å². The van der Waals surface area contributed by atoms with E-state index in [1.165, 1.54) is 16.6 Å². The molecule has 0 radical (unpaired) electrons. The summed E-state index contributed by atoms with van der Waals surface area (Å²) in [5.41, 5.74) is 1.04. The van der Waals surface area contributed by atoms with Gasteiger partial charge in [0.25, 0.3) is 10.0 Å². The van der Waals surface area contributed by atoms with E-state index in [1.807, 2.05) is 30.6 Å². The highest BCUT2D eigenvalue weighted by Crippen LogP contribution is 2.27. The Morgan fingerprint density at radius 2 is 1.75 bits per heavy atom. The summed E-state index contributed by atoms with van der Waals surface area (Å²) in [6.45, 7) is 2.09. The van der Waals surface area contributed by atoms with Gasteiger partial charge in [-0.15, -0.1) is 0 Å². The fourth-order valence-corrected chi connectivity index (χ4v) is 4.39. The van der Waals surface area contributed by atoms with Crippen LogP contribution < -0.4 is 4.90 Å². The molecule has 1 aliphatic heterocycles. The largest absolute Gasteiger partial charge is 0.452 e. The standard InChI is InChI=1S/C17H17N3O3S/c21-24(22,17-6-3-11-23-17)20-9-7-19(8-10-20)16-13-18-12-14-4-1-2-5-15(14)16/h1-6,11-13H,7-10H2. The molecule has 24 heavy (non-hydrogen) atoms. The van der Waals surface area contributed by atoms with E-state index in [0.29, 0.717) is 26.2 Å². The molecule has 0 saturated carbocycles. The Balaban J connectivity index is 1.56. The zero-order chi connectivity index (χ0) is 16.6. The van der Waals surface area contributed by atoms with Crippen LogP contribution in [0.25, 0.3) is 10.8 Å². The third-order valence-electron chi connectivity index (χ3n) is 4.32. The number of nitrogens with zero attached hydrogens (tertiary/aromatic N) is 3. The van der Waals surface area contributed by atoms with Gasteiger partial charge in [-0.25, -0.2) is 8.42 Å².